The van der Waals surface area contributed by atoms with Crippen LogP contribution < -0.4 is 15.0 Å². The number of carbonyl (C=O) groups excluding carboxylic acids is 1. The quantitative estimate of drug-likeness (QED) is 0.563. The lowest BCUT2D eigenvalue weighted by molar-refractivity contribution is -0.119. The zero-order valence-electron chi connectivity index (χ0n) is 20.8. The maximum Gasteiger partial charge on any atom is 0.217 e. The Morgan fingerprint density at radius 1 is 1.19 bits per heavy atom. The van der Waals surface area contributed by atoms with Crippen molar-refractivity contribution >= 4 is 11.6 Å². The number of hydrogen-bond donors (Lipinski definition) is 1. The van der Waals surface area contributed by atoms with Crippen molar-refractivity contribution in [3.05, 3.63) is 70.7 Å². The number of amides is 1. The van der Waals surface area contributed by atoms with Crippen LogP contribution in [-0.4, -0.2) is 41.1 Å². The van der Waals surface area contributed by atoms with Crippen LogP contribution in [0, 0.1) is 11.6 Å². The molecule has 2 aromatic carbocycles. The van der Waals surface area contributed by atoms with E-state index in [4.69, 9.17) is 4.74 Å². The van der Waals surface area contributed by atoms with Gasteiger partial charge in [0.15, 0.2) is 17.4 Å². The summed E-state index contributed by atoms with van der Waals surface area (Å²) in [6.45, 7) is 6.64. The second-order valence-corrected chi connectivity index (χ2v) is 9.84. The zero-order chi connectivity index (χ0) is 25.4. The summed E-state index contributed by atoms with van der Waals surface area (Å²) in [5.41, 5.74) is 4.55. The molecule has 0 saturated carbocycles. The third-order valence-corrected chi connectivity index (χ3v) is 6.87. The Bertz CT molecular complexity index is 1310. The van der Waals surface area contributed by atoms with Crippen LogP contribution in [0.15, 0.2) is 36.5 Å². The van der Waals surface area contributed by atoms with E-state index in [1.54, 1.807) is 13.0 Å². The second kappa shape index (κ2) is 9.84. The highest BCUT2D eigenvalue weighted by Gasteiger charge is 2.26. The molecule has 1 aromatic heterocycles. The molecule has 1 unspecified atom stereocenters. The summed E-state index contributed by atoms with van der Waals surface area (Å²) < 4.78 is 35.4. The van der Waals surface area contributed by atoms with Crippen molar-refractivity contribution < 1.29 is 18.3 Å². The molecule has 2 heterocycles. The van der Waals surface area contributed by atoms with E-state index in [0.29, 0.717) is 36.6 Å². The molecule has 0 fully saturated rings. The van der Waals surface area contributed by atoms with Gasteiger partial charge >= 0.3 is 0 Å². The summed E-state index contributed by atoms with van der Waals surface area (Å²) in [4.78, 5) is 22.1. The number of carbonyl (C=O) groups is 1. The Kier molecular flexibility index (Phi) is 6.60. The highest BCUT2D eigenvalue weighted by Crippen LogP contribution is 2.39. The Morgan fingerprint density at radius 3 is 2.81 bits per heavy atom. The number of aromatic nitrogens is 2. The third-order valence-electron chi connectivity index (χ3n) is 6.87. The number of aryl methyl sites for hydroxylation is 1. The van der Waals surface area contributed by atoms with Gasteiger partial charge in [-0.05, 0) is 61.9 Å². The van der Waals surface area contributed by atoms with Crippen molar-refractivity contribution in [3.8, 4) is 17.0 Å². The maximum absolute atomic E-state index is 15.0. The minimum absolute atomic E-state index is 0.00687. The van der Waals surface area contributed by atoms with E-state index in [1.165, 1.54) is 17.2 Å². The van der Waals surface area contributed by atoms with Gasteiger partial charge in [0.25, 0.3) is 0 Å². The molecule has 0 saturated heterocycles. The van der Waals surface area contributed by atoms with E-state index in [2.05, 4.69) is 32.3 Å². The van der Waals surface area contributed by atoms with Gasteiger partial charge in [-0.15, -0.1) is 0 Å². The normalized spacial score (nSPS) is 16.8. The van der Waals surface area contributed by atoms with Crippen LogP contribution in [-0.2, 0) is 24.1 Å². The maximum atomic E-state index is 15.0. The minimum Gasteiger partial charge on any atom is -0.486 e. The number of halogens is 2. The van der Waals surface area contributed by atoms with E-state index < -0.39 is 11.6 Å². The van der Waals surface area contributed by atoms with E-state index in [1.807, 2.05) is 19.9 Å². The Hall–Kier alpha value is -3.55. The highest BCUT2D eigenvalue weighted by molar-refractivity contribution is 5.73. The average Bonchev–Trinajstić information content (AvgIpc) is 2.84. The van der Waals surface area contributed by atoms with Gasteiger partial charge in [-0.1, -0.05) is 18.2 Å². The number of fused-ring (bicyclic) bond motifs is 2. The molecule has 3 aromatic rings. The fourth-order valence-corrected chi connectivity index (χ4v) is 5.18. The van der Waals surface area contributed by atoms with Crippen LogP contribution >= 0.6 is 0 Å². The van der Waals surface area contributed by atoms with E-state index >= 15 is 0 Å². The fourth-order valence-electron chi connectivity index (χ4n) is 5.18. The van der Waals surface area contributed by atoms with Gasteiger partial charge < -0.3 is 15.0 Å². The molecule has 1 amide bonds. The largest absolute Gasteiger partial charge is 0.486 e. The van der Waals surface area contributed by atoms with Crippen LogP contribution in [0.4, 0.5) is 14.5 Å². The lowest BCUT2D eigenvalue weighted by Crippen LogP contribution is -2.38. The molecule has 6 nitrogen and oxygen atoms in total. The Balaban J connectivity index is 1.41. The first-order valence-electron chi connectivity index (χ1n) is 12.4. The molecule has 0 bridgehead atoms. The highest BCUT2D eigenvalue weighted by atomic mass is 19.1. The summed E-state index contributed by atoms with van der Waals surface area (Å²) in [7, 11) is 0. The number of benzene rings is 2. The van der Waals surface area contributed by atoms with E-state index in [9.17, 15) is 13.6 Å². The molecular weight excluding hydrogens is 462 g/mol. The van der Waals surface area contributed by atoms with Gasteiger partial charge in [-0.25, -0.2) is 18.7 Å². The van der Waals surface area contributed by atoms with Crippen LogP contribution in [0.2, 0.25) is 0 Å². The van der Waals surface area contributed by atoms with Crippen LogP contribution in [0.25, 0.3) is 11.3 Å². The average molecular weight is 493 g/mol. The molecule has 2 aliphatic rings. The van der Waals surface area contributed by atoms with Gasteiger partial charge in [-0.2, -0.15) is 0 Å². The van der Waals surface area contributed by atoms with Gasteiger partial charge in [0, 0.05) is 31.0 Å². The number of rotatable bonds is 5. The first kappa shape index (κ1) is 24.2. The van der Waals surface area contributed by atoms with Crippen molar-refractivity contribution in [2.75, 3.05) is 18.1 Å². The predicted octanol–water partition coefficient (Wildman–Crippen LogP) is 4.61. The lowest BCUT2D eigenvalue weighted by Gasteiger charge is -2.34. The van der Waals surface area contributed by atoms with E-state index in [0.717, 1.165) is 31.0 Å². The number of nitrogens with one attached hydrogen (secondary N) is 1. The first-order chi connectivity index (χ1) is 17.3. The number of anilines is 1. The number of ether oxygens (including phenoxy) is 1. The molecule has 0 radical (unpaired) electrons. The van der Waals surface area contributed by atoms with Gasteiger partial charge in [0.05, 0.1) is 18.4 Å². The lowest BCUT2D eigenvalue weighted by atomic mass is 9.87. The summed E-state index contributed by atoms with van der Waals surface area (Å²) in [5, 5.41) is 3.00. The monoisotopic (exact) mass is 492 g/mol. The standard InChI is InChI=1S/C28H30F2N4O2/c1-16(2)34-8-9-36-28-23(29)13-21(14-25(28)34)27-24(30)15-31-26(33-27)11-18-4-5-20-12-22(32-17(3)35)7-6-19(20)10-18/h4-5,10,13-16,22H,6-9,11-12H2,1-3H3,(H,32,35). The van der Waals surface area contributed by atoms with Crippen molar-refractivity contribution in [1.82, 2.24) is 15.3 Å². The van der Waals surface area contributed by atoms with Crippen molar-refractivity contribution in [1.29, 1.82) is 0 Å². The Labute approximate surface area is 209 Å². The summed E-state index contributed by atoms with van der Waals surface area (Å²) in [5.74, 6) is -0.468. The summed E-state index contributed by atoms with van der Waals surface area (Å²) in [6, 6.07) is 9.59. The first-order valence-corrected chi connectivity index (χ1v) is 12.4. The number of nitrogens with zero attached hydrogens (tertiary/aromatic N) is 3. The van der Waals surface area contributed by atoms with Crippen molar-refractivity contribution in [2.24, 2.45) is 0 Å². The molecule has 1 atom stereocenters. The smallest absolute Gasteiger partial charge is 0.217 e. The van der Waals surface area contributed by atoms with Crippen LogP contribution in [0.1, 0.15) is 49.7 Å². The van der Waals surface area contributed by atoms with Crippen LogP contribution in [0.5, 0.6) is 5.75 Å². The summed E-state index contributed by atoms with van der Waals surface area (Å²) >= 11 is 0. The molecule has 1 aliphatic heterocycles. The van der Waals surface area contributed by atoms with Crippen LogP contribution in [0.3, 0.4) is 0 Å². The third kappa shape index (κ3) is 4.90. The predicted molar refractivity (Wildman–Crippen MR) is 134 cm³/mol. The van der Waals surface area contributed by atoms with Gasteiger partial charge in [0.1, 0.15) is 18.1 Å². The van der Waals surface area contributed by atoms with E-state index in [-0.39, 0.29) is 29.4 Å². The molecule has 0 spiro atoms. The van der Waals surface area contributed by atoms with Crippen molar-refractivity contribution in [3.63, 3.8) is 0 Å². The fraction of sp³-hybridized carbons (Fsp3) is 0.393. The molecular formula is C28H30F2N4O2. The molecule has 8 heteroatoms. The molecule has 188 valence electrons. The van der Waals surface area contributed by atoms with Gasteiger partial charge in [0.2, 0.25) is 5.91 Å². The Morgan fingerprint density at radius 2 is 2.03 bits per heavy atom. The van der Waals surface area contributed by atoms with Crippen molar-refractivity contribution in [2.45, 2.75) is 58.5 Å². The molecule has 1 aliphatic carbocycles. The molecule has 5 rings (SSSR count). The van der Waals surface area contributed by atoms with Gasteiger partial charge in [-0.3, -0.25) is 4.79 Å². The topological polar surface area (TPSA) is 67.4 Å². The molecule has 1 N–H and O–H groups in total. The number of hydrogen-bond acceptors (Lipinski definition) is 5. The summed E-state index contributed by atoms with van der Waals surface area (Å²) in [6.07, 6.45) is 4.18. The second-order valence-electron chi connectivity index (χ2n) is 9.84. The minimum atomic E-state index is -0.597. The SMILES string of the molecule is CC(=O)NC1CCc2cc(Cc3ncc(F)c(-c4cc(F)c5c(c4)N(C(C)C)CCO5)n3)ccc2C1. The zero-order valence-corrected chi connectivity index (χ0v) is 20.8. The molecule has 36 heavy (non-hydrogen) atoms.